The van der Waals surface area contributed by atoms with Crippen LogP contribution in [0.2, 0.25) is 0 Å². The third-order valence-corrected chi connectivity index (χ3v) is 4.21. The van der Waals surface area contributed by atoms with E-state index in [4.69, 9.17) is 0 Å². The van der Waals surface area contributed by atoms with Gasteiger partial charge in [-0.1, -0.05) is 60.7 Å². The molecule has 1 aliphatic rings. The summed E-state index contributed by atoms with van der Waals surface area (Å²) in [6.07, 6.45) is 0.454. The number of benzene rings is 2. The predicted molar refractivity (Wildman–Crippen MR) is 85.5 cm³/mol. The molecule has 0 amide bonds. The molecule has 1 aliphatic heterocycles. The fourth-order valence-corrected chi connectivity index (χ4v) is 3.03. The van der Waals surface area contributed by atoms with Crippen LogP contribution in [0.3, 0.4) is 0 Å². The highest BCUT2D eigenvalue weighted by molar-refractivity contribution is 5.28. The molecule has 0 aromatic heterocycles. The first kappa shape index (κ1) is 14.3. The van der Waals surface area contributed by atoms with E-state index in [0.717, 1.165) is 16.8 Å². The highest BCUT2D eigenvalue weighted by Crippen LogP contribution is 2.39. The van der Waals surface area contributed by atoms with Crippen LogP contribution in [0.4, 0.5) is 0 Å². The van der Waals surface area contributed by atoms with Crippen molar-refractivity contribution in [3.63, 3.8) is 0 Å². The van der Waals surface area contributed by atoms with Gasteiger partial charge in [0.2, 0.25) is 0 Å². The molecule has 112 valence electrons. The van der Waals surface area contributed by atoms with E-state index in [0.29, 0.717) is 18.7 Å². The first-order valence-corrected chi connectivity index (χ1v) is 7.36. The van der Waals surface area contributed by atoms with Crippen molar-refractivity contribution in [1.82, 2.24) is 4.90 Å². The second-order valence-electron chi connectivity index (χ2n) is 5.53. The van der Waals surface area contributed by atoms with E-state index >= 15 is 0 Å². The highest BCUT2D eigenvalue weighted by Gasteiger charge is 2.36. The van der Waals surface area contributed by atoms with E-state index in [1.54, 1.807) is 0 Å². The zero-order chi connectivity index (χ0) is 15.5. The normalized spacial score (nSPS) is 17.9. The Balaban J connectivity index is 1.94. The minimum Gasteiger partial charge on any atom is -0.358 e. The second-order valence-corrected chi connectivity index (χ2v) is 5.53. The Morgan fingerprint density at radius 1 is 1.09 bits per heavy atom. The summed E-state index contributed by atoms with van der Waals surface area (Å²) in [7, 11) is 0. The standard InChI is InChI=1S/C18H18N2O2/c1-14-17(20(21)22)12-18(16-10-6-3-7-11-16)19(14)13-15-8-4-2-5-9-15/h2-11,18H,12-13H2,1H3. The lowest BCUT2D eigenvalue weighted by atomic mass is 10.0. The van der Waals surface area contributed by atoms with Crippen molar-refractivity contribution in [1.29, 1.82) is 0 Å². The largest absolute Gasteiger partial charge is 0.358 e. The fourth-order valence-electron chi connectivity index (χ4n) is 3.03. The van der Waals surface area contributed by atoms with Gasteiger partial charge in [-0.05, 0) is 18.1 Å². The van der Waals surface area contributed by atoms with E-state index in [2.05, 4.69) is 17.0 Å². The summed E-state index contributed by atoms with van der Waals surface area (Å²) in [6, 6.07) is 20.1. The van der Waals surface area contributed by atoms with Gasteiger partial charge in [-0.25, -0.2) is 0 Å². The molecule has 0 spiro atoms. The van der Waals surface area contributed by atoms with Crippen LogP contribution in [0.25, 0.3) is 0 Å². The molecule has 0 N–H and O–H groups in total. The van der Waals surface area contributed by atoms with Crippen molar-refractivity contribution >= 4 is 0 Å². The summed E-state index contributed by atoms with van der Waals surface area (Å²) in [5.74, 6) is 0. The third kappa shape index (κ3) is 2.72. The van der Waals surface area contributed by atoms with Gasteiger partial charge in [-0.15, -0.1) is 0 Å². The van der Waals surface area contributed by atoms with Gasteiger partial charge in [0.1, 0.15) is 0 Å². The lowest BCUT2D eigenvalue weighted by molar-refractivity contribution is -0.428. The zero-order valence-corrected chi connectivity index (χ0v) is 12.5. The van der Waals surface area contributed by atoms with Crippen molar-refractivity contribution < 1.29 is 4.92 Å². The average molecular weight is 294 g/mol. The summed E-state index contributed by atoms with van der Waals surface area (Å²) in [4.78, 5) is 13.2. The van der Waals surface area contributed by atoms with Gasteiger partial charge in [-0.3, -0.25) is 10.1 Å². The molecule has 0 aliphatic carbocycles. The Morgan fingerprint density at radius 3 is 2.27 bits per heavy atom. The van der Waals surface area contributed by atoms with Crippen LogP contribution in [-0.2, 0) is 6.54 Å². The molecule has 2 aromatic rings. The summed E-state index contributed by atoms with van der Waals surface area (Å²) < 4.78 is 0. The molecule has 1 heterocycles. The van der Waals surface area contributed by atoms with Gasteiger partial charge in [0, 0.05) is 6.54 Å². The Bertz CT molecular complexity index is 696. The number of nitro groups is 1. The molecular formula is C18H18N2O2. The summed E-state index contributed by atoms with van der Waals surface area (Å²) >= 11 is 0. The Morgan fingerprint density at radius 2 is 1.68 bits per heavy atom. The van der Waals surface area contributed by atoms with E-state index in [1.165, 1.54) is 0 Å². The van der Waals surface area contributed by atoms with Crippen LogP contribution in [0, 0.1) is 10.1 Å². The van der Waals surface area contributed by atoms with Gasteiger partial charge in [0.15, 0.2) is 0 Å². The average Bonchev–Trinajstić information content (AvgIpc) is 2.87. The maximum atomic E-state index is 11.3. The quantitative estimate of drug-likeness (QED) is 0.629. The van der Waals surface area contributed by atoms with Gasteiger partial charge in [-0.2, -0.15) is 0 Å². The molecule has 0 radical (unpaired) electrons. The van der Waals surface area contributed by atoms with Crippen LogP contribution in [-0.4, -0.2) is 9.82 Å². The van der Waals surface area contributed by atoms with E-state index in [-0.39, 0.29) is 11.0 Å². The molecule has 0 fully saturated rings. The first-order valence-electron chi connectivity index (χ1n) is 7.36. The van der Waals surface area contributed by atoms with Crippen molar-refractivity contribution in [3.05, 3.63) is 93.3 Å². The smallest absolute Gasteiger partial charge is 0.267 e. The van der Waals surface area contributed by atoms with E-state index in [1.807, 2.05) is 55.5 Å². The van der Waals surface area contributed by atoms with Gasteiger partial charge >= 0.3 is 0 Å². The van der Waals surface area contributed by atoms with Crippen molar-refractivity contribution in [3.8, 4) is 0 Å². The Hall–Kier alpha value is -2.62. The molecule has 4 heteroatoms. The summed E-state index contributed by atoms with van der Waals surface area (Å²) in [5, 5.41) is 11.3. The zero-order valence-electron chi connectivity index (χ0n) is 12.5. The van der Waals surface area contributed by atoms with Crippen LogP contribution in [0.5, 0.6) is 0 Å². The molecule has 4 nitrogen and oxygen atoms in total. The number of rotatable bonds is 4. The summed E-state index contributed by atoms with van der Waals surface area (Å²) in [6.45, 7) is 2.54. The minimum absolute atomic E-state index is 0.0295. The SMILES string of the molecule is CC1=C([N+](=O)[O-])CC(c2ccccc2)N1Cc1ccccc1. The minimum atomic E-state index is -0.240. The van der Waals surface area contributed by atoms with Crippen LogP contribution < -0.4 is 0 Å². The van der Waals surface area contributed by atoms with Crippen LogP contribution >= 0.6 is 0 Å². The number of hydrogen-bond acceptors (Lipinski definition) is 3. The summed E-state index contributed by atoms with van der Waals surface area (Å²) in [5.41, 5.74) is 3.37. The molecule has 1 atom stereocenters. The maximum absolute atomic E-state index is 11.3. The molecule has 0 bridgehead atoms. The molecule has 1 unspecified atom stereocenters. The molecule has 22 heavy (non-hydrogen) atoms. The molecule has 3 rings (SSSR count). The van der Waals surface area contributed by atoms with E-state index in [9.17, 15) is 10.1 Å². The van der Waals surface area contributed by atoms with Crippen molar-refractivity contribution in [2.24, 2.45) is 0 Å². The fraction of sp³-hybridized carbons (Fsp3) is 0.222. The highest BCUT2D eigenvalue weighted by atomic mass is 16.6. The topological polar surface area (TPSA) is 46.4 Å². The van der Waals surface area contributed by atoms with Gasteiger partial charge in [0.05, 0.1) is 23.1 Å². The first-order chi connectivity index (χ1) is 10.7. The van der Waals surface area contributed by atoms with E-state index < -0.39 is 0 Å². The lowest BCUT2D eigenvalue weighted by Gasteiger charge is -2.28. The maximum Gasteiger partial charge on any atom is 0.267 e. The molecule has 0 saturated heterocycles. The predicted octanol–water partition coefficient (Wildman–Crippen LogP) is 4.14. The number of allylic oxidation sites excluding steroid dienone is 1. The monoisotopic (exact) mass is 294 g/mol. The number of hydrogen-bond donors (Lipinski definition) is 0. The van der Waals surface area contributed by atoms with Crippen molar-refractivity contribution in [2.75, 3.05) is 0 Å². The van der Waals surface area contributed by atoms with Crippen molar-refractivity contribution in [2.45, 2.75) is 25.9 Å². The number of nitrogens with zero attached hydrogens (tertiary/aromatic N) is 2. The van der Waals surface area contributed by atoms with Gasteiger partial charge in [0.25, 0.3) is 5.70 Å². The molecule has 2 aromatic carbocycles. The lowest BCUT2D eigenvalue weighted by Crippen LogP contribution is -2.22. The van der Waals surface area contributed by atoms with Gasteiger partial charge < -0.3 is 4.90 Å². The van der Waals surface area contributed by atoms with Crippen LogP contribution in [0.15, 0.2) is 72.1 Å². The van der Waals surface area contributed by atoms with Crippen LogP contribution in [0.1, 0.15) is 30.5 Å². The Kier molecular flexibility index (Phi) is 3.92. The Labute approximate surface area is 129 Å². The molecular weight excluding hydrogens is 276 g/mol. The molecule has 0 saturated carbocycles. The third-order valence-electron chi connectivity index (χ3n) is 4.21. The second kappa shape index (κ2) is 6.02.